The van der Waals surface area contributed by atoms with Gasteiger partial charge in [-0.25, -0.2) is 0 Å². The Morgan fingerprint density at radius 2 is 1.83 bits per heavy atom. The van der Waals surface area contributed by atoms with Gasteiger partial charge >= 0.3 is 0 Å². The molecule has 2 heterocycles. The number of ether oxygens (including phenoxy) is 2. The quantitative estimate of drug-likeness (QED) is 0.248. The number of benzene rings is 2. The Kier molecular flexibility index (Phi) is 8.23. The number of aliphatic hydroxyl groups excluding tert-OH is 1. The summed E-state index contributed by atoms with van der Waals surface area (Å²) in [5, 5.41) is 11.3. The zero-order valence-electron chi connectivity index (χ0n) is 21.0. The van der Waals surface area contributed by atoms with Crippen LogP contribution in [-0.2, 0) is 14.3 Å². The zero-order valence-corrected chi connectivity index (χ0v) is 21.0. The molecule has 2 aliphatic heterocycles. The Balaban J connectivity index is 1.66. The van der Waals surface area contributed by atoms with Crippen LogP contribution in [0.4, 0.5) is 0 Å². The molecule has 4 rings (SSSR count). The lowest BCUT2D eigenvalue weighted by molar-refractivity contribution is -0.140. The standard InChI is InChI=1S/C29H34N2O5/c1-4-16-36-24-11-10-23(19-21(24)3)27(32)25-26(22-8-6-20(2)7-9-22)31(29(34)28(25)33)13-5-12-30-14-17-35-18-15-30/h4,6-11,19,26,32H,1,5,12-18H2,2-3H3/t26-/m1/s1. The van der Waals surface area contributed by atoms with Gasteiger partial charge in [0.2, 0.25) is 0 Å². The number of carbonyl (C=O) groups is 2. The summed E-state index contributed by atoms with van der Waals surface area (Å²) in [5.41, 5.74) is 3.29. The lowest BCUT2D eigenvalue weighted by Crippen LogP contribution is -2.38. The highest BCUT2D eigenvalue weighted by atomic mass is 16.5. The highest BCUT2D eigenvalue weighted by Crippen LogP contribution is 2.40. The smallest absolute Gasteiger partial charge is 0.295 e. The first-order chi connectivity index (χ1) is 17.4. The van der Waals surface area contributed by atoms with E-state index in [-0.39, 0.29) is 11.3 Å². The Bertz CT molecular complexity index is 1150. The van der Waals surface area contributed by atoms with Crippen LogP contribution in [0, 0.1) is 13.8 Å². The summed E-state index contributed by atoms with van der Waals surface area (Å²) in [7, 11) is 0. The molecule has 36 heavy (non-hydrogen) atoms. The van der Waals surface area contributed by atoms with Gasteiger partial charge in [0, 0.05) is 31.7 Å². The number of rotatable bonds is 9. The maximum atomic E-state index is 13.3. The molecule has 0 saturated carbocycles. The van der Waals surface area contributed by atoms with Crippen molar-refractivity contribution in [3.8, 4) is 5.75 Å². The van der Waals surface area contributed by atoms with Crippen molar-refractivity contribution in [3.05, 3.63) is 82.9 Å². The predicted molar refractivity (Wildman–Crippen MR) is 139 cm³/mol. The van der Waals surface area contributed by atoms with E-state index in [1.807, 2.05) is 38.1 Å². The van der Waals surface area contributed by atoms with Gasteiger partial charge < -0.3 is 19.5 Å². The summed E-state index contributed by atoms with van der Waals surface area (Å²) >= 11 is 0. The molecule has 1 N–H and O–H groups in total. The molecule has 0 spiro atoms. The summed E-state index contributed by atoms with van der Waals surface area (Å²) < 4.78 is 11.1. The summed E-state index contributed by atoms with van der Waals surface area (Å²) in [6.45, 7) is 12.3. The number of hydrogen-bond acceptors (Lipinski definition) is 6. The molecule has 2 aromatic rings. The first-order valence-corrected chi connectivity index (χ1v) is 12.4. The van der Waals surface area contributed by atoms with Gasteiger partial charge in [-0.3, -0.25) is 14.5 Å². The Morgan fingerprint density at radius 1 is 1.11 bits per heavy atom. The van der Waals surface area contributed by atoms with Gasteiger partial charge in [-0.15, -0.1) is 0 Å². The number of nitrogens with zero attached hydrogens (tertiary/aromatic N) is 2. The Labute approximate surface area is 212 Å². The van der Waals surface area contributed by atoms with Crippen molar-refractivity contribution in [3.63, 3.8) is 0 Å². The van der Waals surface area contributed by atoms with Gasteiger partial charge in [0.25, 0.3) is 11.7 Å². The van der Waals surface area contributed by atoms with Crippen LogP contribution in [0.2, 0.25) is 0 Å². The molecule has 0 bridgehead atoms. The number of aryl methyl sites for hydroxylation is 2. The molecular formula is C29H34N2O5. The first kappa shape index (κ1) is 25.7. The molecule has 7 nitrogen and oxygen atoms in total. The third kappa shape index (κ3) is 5.53. The summed E-state index contributed by atoms with van der Waals surface area (Å²) in [6, 6.07) is 12.3. The largest absolute Gasteiger partial charge is 0.507 e. The minimum absolute atomic E-state index is 0.120. The molecule has 1 atom stereocenters. The van der Waals surface area contributed by atoms with Crippen LogP contribution in [0.3, 0.4) is 0 Å². The van der Waals surface area contributed by atoms with Gasteiger partial charge in [-0.2, -0.15) is 0 Å². The lowest BCUT2D eigenvalue weighted by atomic mass is 9.94. The third-order valence-electron chi connectivity index (χ3n) is 6.72. The van der Waals surface area contributed by atoms with Gasteiger partial charge in [0.15, 0.2) is 0 Å². The topological polar surface area (TPSA) is 79.3 Å². The number of hydrogen-bond donors (Lipinski definition) is 1. The maximum absolute atomic E-state index is 13.3. The first-order valence-electron chi connectivity index (χ1n) is 12.4. The molecule has 0 radical (unpaired) electrons. The SMILES string of the molecule is C=CCOc1ccc(C(O)=C2C(=O)C(=O)N(CCCN3CCOCC3)[C@@H]2c2ccc(C)cc2)cc1C. The van der Waals surface area contributed by atoms with Gasteiger partial charge in [0.1, 0.15) is 18.1 Å². The molecular weight excluding hydrogens is 456 g/mol. The summed E-state index contributed by atoms with van der Waals surface area (Å²) in [5.74, 6) is -0.737. The van der Waals surface area contributed by atoms with E-state index in [0.717, 1.165) is 42.7 Å². The third-order valence-corrected chi connectivity index (χ3v) is 6.72. The van der Waals surface area contributed by atoms with Gasteiger partial charge in [-0.05, 0) is 49.6 Å². The van der Waals surface area contributed by atoms with E-state index in [1.165, 1.54) is 0 Å². The molecule has 190 valence electrons. The number of morpholine rings is 1. The molecule has 2 fully saturated rings. The number of amides is 1. The molecule has 0 aromatic heterocycles. The van der Waals surface area contributed by atoms with E-state index in [2.05, 4.69) is 11.5 Å². The fourth-order valence-electron chi connectivity index (χ4n) is 4.76. The molecule has 1 amide bonds. The van der Waals surface area contributed by atoms with E-state index in [0.29, 0.717) is 37.7 Å². The Hall–Kier alpha value is -3.42. The number of carbonyl (C=O) groups excluding carboxylic acids is 2. The van der Waals surface area contributed by atoms with Crippen molar-refractivity contribution in [2.45, 2.75) is 26.3 Å². The number of ketones is 1. The average molecular weight is 491 g/mol. The van der Waals surface area contributed by atoms with E-state index in [9.17, 15) is 14.7 Å². The summed E-state index contributed by atoms with van der Waals surface area (Å²) in [4.78, 5) is 30.4. The van der Waals surface area contributed by atoms with Crippen molar-refractivity contribution in [1.29, 1.82) is 0 Å². The molecule has 0 unspecified atom stereocenters. The van der Waals surface area contributed by atoms with Crippen LogP contribution in [0.5, 0.6) is 5.75 Å². The highest BCUT2D eigenvalue weighted by molar-refractivity contribution is 6.46. The maximum Gasteiger partial charge on any atom is 0.295 e. The van der Waals surface area contributed by atoms with Crippen molar-refractivity contribution < 1.29 is 24.2 Å². The number of aliphatic hydroxyl groups is 1. The highest BCUT2D eigenvalue weighted by Gasteiger charge is 2.45. The van der Waals surface area contributed by atoms with Crippen LogP contribution in [-0.4, -0.2) is 72.6 Å². The fraction of sp³-hybridized carbons (Fsp3) is 0.379. The van der Waals surface area contributed by atoms with Crippen molar-refractivity contribution in [2.24, 2.45) is 0 Å². The number of Topliss-reactive ketones (excluding diaryl/α,β-unsaturated/α-hetero) is 1. The molecule has 2 aliphatic rings. The van der Waals surface area contributed by atoms with Gasteiger partial charge in [0.05, 0.1) is 24.8 Å². The number of likely N-dealkylation sites (tertiary alicyclic amines) is 1. The van der Waals surface area contributed by atoms with E-state index < -0.39 is 17.7 Å². The second-order valence-corrected chi connectivity index (χ2v) is 9.29. The van der Waals surface area contributed by atoms with E-state index >= 15 is 0 Å². The van der Waals surface area contributed by atoms with Crippen molar-refractivity contribution in [1.82, 2.24) is 9.80 Å². The molecule has 0 aliphatic carbocycles. The van der Waals surface area contributed by atoms with Crippen LogP contribution in [0.1, 0.15) is 34.7 Å². The average Bonchev–Trinajstić information content (AvgIpc) is 3.13. The molecule has 7 heteroatoms. The molecule has 2 aromatic carbocycles. The van der Waals surface area contributed by atoms with Crippen LogP contribution in [0.15, 0.2) is 60.7 Å². The minimum atomic E-state index is -0.658. The lowest BCUT2D eigenvalue weighted by Gasteiger charge is -2.29. The van der Waals surface area contributed by atoms with Crippen LogP contribution >= 0.6 is 0 Å². The van der Waals surface area contributed by atoms with Crippen LogP contribution < -0.4 is 4.74 Å². The van der Waals surface area contributed by atoms with Gasteiger partial charge in [-0.1, -0.05) is 42.5 Å². The zero-order chi connectivity index (χ0) is 25.7. The second kappa shape index (κ2) is 11.5. The van der Waals surface area contributed by atoms with E-state index in [1.54, 1.807) is 29.2 Å². The van der Waals surface area contributed by atoms with E-state index in [4.69, 9.17) is 9.47 Å². The molecule has 2 saturated heterocycles. The second-order valence-electron chi connectivity index (χ2n) is 9.29. The Morgan fingerprint density at radius 3 is 2.50 bits per heavy atom. The predicted octanol–water partition coefficient (Wildman–Crippen LogP) is 4.01. The normalized spacial score (nSPS) is 20.1. The monoisotopic (exact) mass is 490 g/mol. The summed E-state index contributed by atoms with van der Waals surface area (Å²) in [6.07, 6.45) is 2.39. The van der Waals surface area contributed by atoms with Crippen molar-refractivity contribution >= 4 is 17.4 Å². The van der Waals surface area contributed by atoms with Crippen LogP contribution in [0.25, 0.3) is 5.76 Å². The van der Waals surface area contributed by atoms with Crippen molar-refractivity contribution in [2.75, 3.05) is 46.0 Å². The fourth-order valence-corrected chi connectivity index (χ4v) is 4.76. The minimum Gasteiger partial charge on any atom is -0.507 e.